The van der Waals surface area contributed by atoms with Gasteiger partial charge in [-0.25, -0.2) is 0 Å². The van der Waals surface area contributed by atoms with E-state index < -0.39 is 51.9 Å². The Hall–Kier alpha value is 2.75. The first-order chi connectivity index (χ1) is 22.9. The van der Waals surface area contributed by atoms with E-state index in [1.807, 2.05) is 125 Å². The summed E-state index contributed by atoms with van der Waals surface area (Å²) >= 11 is -7.16. The van der Waals surface area contributed by atoms with Gasteiger partial charge in [-0.2, -0.15) is 0 Å². The molecule has 0 radical (unpaired) electrons. The fourth-order valence-corrected chi connectivity index (χ4v) is 11.9. The maximum Gasteiger partial charge on any atom is 0 e. The second kappa shape index (κ2) is 46.4. The summed E-state index contributed by atoms with van der Waals surface area (Å²) in [5.74, 6) is 0. The average molecular weight is 1080 g/mol. The third-order valence-corrected chi connectivity index (χ3v) is 17.9. The minimum absolute atomic E-state index is 0. The summed E-state index contributed by atoms with van der Waals surface area (Å²) < 4.78 is 50.5. The van der Waals surface area contributed by atoms with E-state index in [9.17, 15) is 0 Å². The molecule has 0 aromatic rings. The molecule has 0 aromatic heterocycles. The van der Waals surface area contributed by atoms with Gasteiger partial charge in [0.25, 0.3) is 0 Å². The van der Waals surface area contributed by atoms with Crippen LogP contribution in [0.1, 0.15) is 166 Å². The normalized spacial score (nSPS) is 10.9. The standard InChI is InChI=1S/3C3H8O.9C3H7O.3Ga.Gd/c12*1-3(2)4;;;;/h3*3-4H,1-2H3;9*3H,1-2H3;;;;/q;;;9*-1;3*+3;. The molecule has 0 atom stereocenters. The minimum atomic E-state index is -2.39. The van der Waals surface area contributed by atoms with Crippen molar-refractivity contribution in [3.05, 3.63) is 0 Å². The Balaban J connectivity index is -0.0000001000. The van der Waals surface area contributed by atoms with E-state index in [1.54, 1.807) is 41.5 Å². The number of aliphatic hydroxyl groups is 3. The molecule has 16 heteroatoms. The number of hydrogen-bond acceptors (Lipinski definition) is 12. The van der Waals surface area contributed by atoms with E-state index in [-0.39, 0.29) is 113 Å². The van der Waals surface area contributed by atoms with Crippen molar-refractivity contribution in [2.24, 2.45) is 0 Å². The summed E-state index contributed by atoms with van der Waals surface area (Å²) in [4.78, 5) is 0. The van der Waals surface area contributed by atoms with Gasteiger partial charge in [0.05, 0.1) is 0 Å². The van der Waals surface area contributed by atoms with Crippen LogP contribution >= 0.6 is 0 Å². The average Bonchev–Trinajstić information content (AvgIpc) is 2.79. The molecule has 0 rings (SSSR count). The largest absolute Gasteiger partial charge is 0 e. The summed E-state index contributed by atoms with van der Waals surface area (Å²) in [6.45, 7) is 46.4. The molecule has 0 aliphatic heterocycles. The molecule has 0 unspecified atom stereocenters. The van der Waals surface area contributed by atoms with Crippen LogP contribution in [0.3, 0.4) is 0 Å². The van der Waals surface area contributed by atoms with Gasteiger partial charge in [-0.05, 0) is 41.5 Å². The van der Waals surface area contributed by atoms with Gasteiger partial charge in [-0.3, -0.25) is 0 Å². The van der Waals surface area contributed by atoms with Gasteiger partial charge in [0, 0.05) is 58.3 Å². The molecule has 0 aliphatic rings. The zero-order chi connectivity index (χ0) is 42.0. The van der Waals surface area contributed by atoms with E-state index >= 15 is 0 Å². The Morgan fingerprint density at radius 3 is 0.327 bits per heavy atom. The van der Waals surface area contributed by atoms with E-state index in [4.69, 9.17) is 47.1 Å². The van der Waals surface area contributed by atoms with Crippen LogP contribution in [0.4, 0.5) is 0 Å². The van der Waals surface area contributed by atoms with Gasteiger partial charge in [0.1, 0.15) is 0 Å². The maximum atomic E-state index is 8.06. The van der Waals surface area contributed by atoms with Gasteiger partial charge in [-0.1, -0.05) is 0 Å². The Morgan fingerprint density at radius 1 is 0.231 bits per heavy atom. The fraction of sp³-hybridized carbons (Fsp3) is 1.00. The minimum Gasteiger partial charge on any atom is 0 e. The summed E-state index contributed by atoms with van der Waals surface area (Å²) in [6.07, 6.45) is 1.27. The molecule has 52 heavy (non-hydrogen) atoms. The van der Waals surface area contributed by atoms with Crippen molar-refractivity contribution in [3.63, 3.8) is 0 Å². The SMILES string of the molecule is CC(C)O.CC(C)O.CC(C)O.CC(C)[O][Ga]([O]C(C)C)[O]C(C)C.CC(C)[O][Ga]([O]C(C)C)[O]C(C)C.CC(C)[O][Ga]([O]C(C)C)[O]C(C)C.[Gd]. The van der Waals surface area contributed by atoms with Crippen molar-refractivity contribution < 1.29 is 87.0 Å². The van der Waals surface area contributed by atoms with Gasteiger partial charge in [0.2, 0.25) is 0 Å². The Bertz CT molecular complexity index is 495. The molecule has 3 N–H and O–H groups in total. The zero-order valence-electron chi connectivity index (χ0n) is 38.0. The number of hydrogen-bond donors (Lipinski definition) is 3. The molecule has 0 aliphatic carbocycles. The smallest absolute Gasteiger partial charge is 0 e. The van der Waals surface area contributed by atoms with E-state index in [0.29, 0.717) is 0 Å². The quantitative estimate of drug-likeness (QED) is 0.115. The van der Waals surface area contributed by atoms with Crippen molar-refractivity contribution in [2.75, 3.05) is 0 Å². The third kappa shape index (κ3) is 94.1. The van der Waals surface area contributed by atoms with E-state index in [0.717, 1.165) is 0 Å². The van der Waals surface area contributed by atoms with Crippen LogP contribution in [0.25, 0.3) is 0 Å². The van der Waals surface area contributed by atoms with E-state index in [2.05, 4.69) is 0 Å². The predicted octanol–water partition coefficient (Wildman–Crippen LogP) is 7.90. The van der Waals surface area contributed by atoms with Crippen LogP contribution in [0.5, 0.6) is 0 Å². The van der Waals surface area contributed by atoms with Gasteiger partial charge in [0.15, 0.2) is 0 Å². The summed E-state index contributed by atoms with van der Waals surface area (Å²) in [6, 6.07) is 0. The Labute approximate surface area is 374 Å². The molecule has 0 bridgehead atoms. The summed E-state index contributed by atoms with van der Waals surface area (Å²) in [7, 11) is 0. The van der Waals surface area contributed by atoms with Crippen LogP contribution in [0.2, 0.25) is 0 Å². The number of rotatable bonds is 18. The molecule has 0 heterocycles. The Kier molecular flexibility index (Phi) is 62.0. The first-order valence-electron chi connectivity index (χ1n) is 18.9. The van der Waals surface area contributed by atoms with Crippen molar-refractivity contribution in [1.82, 2.24) is 0 Å². The molecule has 0 saturated heterocycles. The van der Waals surface area contributed by atoms with Crippen molar-refractivity contribution in [2.45, 2.75) is 239 Å². The van der Waals surface area contributed by atoms with Crippen molar-refractivity contribution in [1.29, 1.82) is 0 Å². The molecular formula is C36H87Ga3GdO12. The first kappa shape index (κ1) is 69.4. The van der Waals surface area contributed by atoms with Crippen LogP contribution in [-0.2, 0) is 31.8 Å². The van der Waals surface area contributed by atoms with E-state index in [1.165, 1.54) is 0 Å². The zero-order valence-corrected chi connectivity index (χ0v) is 47.6. The van der Waals surface area contributed by atoms with Gasteiger partial charge < -0.3 is 15.3 Å². The number of aliphatic hydroxyl groups excluding tert-OH is 3. The predicted molar refractivity (Wildman–Crippen MR) is 215 cm³/mol. The van der Waals surface area contributed by atoms with Crippen molar-refractivity contribution >= 4 is 51.9 Å². The molecule has 12 nitrogen and oxygen atoms in total. The fourth-order valence-electron chi connectivity index (χ4n) is 2.29. The van der Waals surface area contributed by atoms with Gasteiger partial charge in [-0.15, -0.1) is 0 Å². The second-order valence-corrected chi connectivity index (χ2v) is 23.6. The molecule has 0 spiro atoms. The van der Waals surface area contributed by atoms with Crippen LogP contribution < -0.4 is 0 Å². The summed E-state index contributed by atoms with van der Waals surface area (Å²) in [5.41, 5.74) is 0. The first-order valence-corrected chi connectivity index (χ1v) is 27.8. The molecule has 0 amide bonds. The van der Waals surface area contributed by atoms with Crippen LogP contribution in [0.15, 0.2) is 0 Å². The Morgan fingerprint density at radius 2 is 0.288 bits per heavy atom. The topological polar surface area (TPSA) is 144 Å². The summed E-state index contributed by atoms with van der Waals surface area (Å²) in [5, 5.41) is 24.2. The van der Waals surface area contributed by atoms with Gasteiger partial charge >= 0.3 is 263 Å². The third-order valence-electron chi connectivity index (χ3n) is 3.45. The second-order valence-electron chi connectivity index (χ2n) is 14.8. The molecule has 0 aromatic carbocycles. The van der Waals surface area contributed by atoms with Crippen LogP contribution in [-0.4, -0.2) is 141 Å². The molecule has 320 valence electrons. The monoisotopic (exact) mass is 1080 g/mol. The molecule has 0 fully saturated rings. The van der Waals surface area contributed by atoms with Crippen LogP contribution in [0, 0.1) is 39.9 Å². The molecule has 0 saturated carbocycles. The maximum absolute atomic E-state index is 8.06. The van der Waals surface area contributed by atoms with Crippen molar-refractivity contribution in [3.8, 4) is 0 Å². The molecular weight excluding hydrogens is 991 g/mol.